The molecule has 42 heavy (non-hydrogen) atoms. The van der Waals surface area contributed by atoms with Crippen molar-refractivity contribution in [3.05, 3.63) is 108 Å². The summed E-state index contributed by atoms with van der Waals surface area (Å²) in [6.07, 6.45) is 1.47. The molecule has 0 aliphatic carbocycles. The highest BCUT2D eigenvalue weighted by Gasteiger charge is 2.35. The Kier molecular flexibility index (Phi) is 9.01. The van der Waals surface area contributed by atoms with E-state index in [2.05, 4.69) is 13.8 Å². The Morgan fingerprint density at radius 3 is 2.33 bits per heavy atom. The number of hydrogen-bond donors (Lipinski definition) is 0. The van der Waals surface area contributed by atoms with Crippen molar-refractivity contribution in [2.75, 3.05) is 13.2 Å². The topological polar surface area (TPSA) is 159 Å². The second kappa shape index (κ2) is 12.6. The molecule has 1 saturated heterocycles. The molecule has 1 aliphatic heterocycles. The number of carbonyl (C=O) groups is 3. The number of nitro benzene ring substituents is 2. The molecule has 0 N–H and O–H groups in total. The van der Waals surface area contributed by atoms with Crippen LogP contribution in [-0.2, 0) is 4.79 Å². The van der Waals surface area contributed by atoms with Crippen molar-refractivity contribution in [1.82, 2.24) is 4.90 Å². The van der Waals surface area contributed by atoms with Gasteiger partial charge in [-0.2, -0.15) is 0 Å². The smallest absolute Gasteiger partial charge is 0.344 e. The third-order valence-corrected chi connectivity index (χ3v) is 7.07. The first kappa shape index (κ1) is 29.9. The van der Waals surface area contributed by atoms with Gasteiger partial charge in [-0.3, -0.25) is 34.7 Å². The maximum absolute atomic E-state index is 13.0. The third kappa shape index (κ3) is 6.99. The molecule has 1 fully saturated rings. The molecule has 0 atom stereocenters. The first-order valence-electron chi connectivity index (χ1n) is 12.7. The molecule has 216 valence electrons. The lowest BCUT2D eigenvalue weighted by atomic mass is 10.0. The number of esters is 1. The van der Waals surface area contributed by atoms with Crippen LogP contribution < -0.4 is 9.47 Å². The summed E-state index contributed by atoms with van der Waals surface area (Å²) in [5, 5.41) is 21.8. The van der Waals surface area contributed by atoms with Gasteiger partial charge in [-0.15, -0.1) is 0 Å². The summed E-state index contributed by atoms with van der Waals surface area (Å²) < 4.78 is 11.2. The van der Waals surface area contributed by atoms with E-state index in [1.165, 1.54) is 24.3 Å². The van der Waals surface area contributed by atoms with Crippen LogP contribution in [0, 0.1) is 27.2 Å². The van der Waals surface area contributed by atoms with Gasteiger partial charge in [0.05, 0.1) is 32.9 Å². The summed E-state index contributed by atoms with van der Waals surface area (Å²) in [4.78, 5) is 60.0. The highest BCUT2D eigenvalue weighted by Crippen LogP contribution is 2.33. The fourth-order valence-corrected chi connectivity index (χ4v) is 4.96. The Bertz CT molecular complexity index is 1600. The number of imide groups is 1. The van der Waals surface area contributed by atoms with E-state index in [-0.39, 0.29) is 35.3 Å². The van der Waals surface area contributed by atoms with E-state index in [4.69, 9.17) is 9.47 Å². The predicted octanol–water partition coefficient (Wildman–Crippen LogP) is 6.27. The SMILES string of the molecule is Cc1ccc(C(C)C)c(OCCN2C(=O)S/C(=C\c3cccc(OC(=O)c4cc([N+](=O)[O-])cc([N+](=O)[O-])c4)c3)C2=O)c1. The minimum Gasteiger partial charge on any atom is -0.491 e. The monoisotopic (exact) mass is 591 g/mol. The van der Waals surface area contributed by atoms with Crippen molar-refractivity contribution < 1.29 is 33.7 Å². The Hall–Kier alpha value is -5.04. The van der Waals surface area contributed by atoms with Gasteiger partial charge in [0.2, 0.25) is 0 Å². The first-order valence-corrected chi connectivity index (χ1v) is 13.5. The molecular weight excluding hydrogens is 566 g/mol. The first-order chi connectivity index (χ1) is 19.9. The zero-order valence-electron chi connectivity index (χ0n) is 22.8. The fourth-order valence-electron chi connectivity index (χ4n) is 4.09. The normalized spacial score (nSPS) is 14.0. The van der Waals surface area contributed by atoms with Gasteiger partial charge in [0.25, 0.3) is 22.5 Å². The van der Waals surface area contributed by atoms with Gasteiger partial charge in [-0.1, -0.05) is 38.1 Å². The van der Waals surface area contributed by atoms with E-state index in [9.17, 15) is 34.6 Å². The van der Waals surface area contributed by atoms with Crippen molar-refractivity contribution in [2.45, 2.75) is 26.7 Å². The summed E-state index contributed by atoms with van der Waals surface area (Å²) in [6, 6.07) is 14.4. The van der Waals surface area contributed by atoms with Crippen LogP contribution in [0.1, 0.15) is 46.8 Å². The highest BCUT2D eigenvalue weighted by molar-refractivity contribution is 8.18. The number of non-ortho nitro benzene ring substituents is 2. The second-order valence-corrected chi connectivity index (χ2v) is 10.6. The lowest BCUT2D eigenvalue weighted by Gasteiger charge is -2.17. The molecule has 0 radical (unpaired) electrons. The van der Waals surface area contributed by atoms with E-state index >= 15 is 0 Å². The van der Waals surface area contributed by atoms with Gasteiger partial charge >= 0.3 is 5.97 Å². The predicted molar refractivity (Wildman–Crippen MR) is 155 cm³/mol. The number of nitrogens with zero attached hydrogens (tertiary/aromatic N) is 3. The van der Waals surface area contributed by atoms with Crippen LogP contribution >= 0.6 is 11.8 Å². The van der Waals surface area contributed by atoms with Crippen LogP contribution in [0.25, 0.3) is 6.08 Å². The molecule has 3 aromatic rings. The maximum atomic E-state index is 13.0. The molecule has 1 heterocycles. The molecule has 0 spiro atoms. The van der Waals surface area contributed by atoms with E-state index in [0.29, 0.717) is 11.3 Å². The molecule has 0 aromatic heterocycles. The van der Waals surface area contributed by atoms with Crippen molar-refractivity contribution in [3.8, 4) is 11.5 Å². The second-order valence-electron chi connectivity index (χ2n) is 9.59. The van der Waals surface area contributed by atoms with Crippen LogP contribution in [0.15, 0.2) is 65.6 Å². The lowest BCUT2D eigenvalue weighted by molar-refractivity contribution is -0.394. The van der Waals surface area contributed by atoms with E-state index in [0.717, 1.165) is 46.0 Å². The number of aryl methyl sites for hydroxylation is 1. The molecule has 13 heteroatoms. The highest BCUT2D eigenvalue weighted by atomic mass is 32.2. The van der Waals surface area contributed by atoms with Crippen LogP contribution in [0.2, 0.25) is 0 Å². The number of carbonyl (C=O) groups excluding carboxylic acids is 3. The quantitative estimate of drug-likeness (QED) is 0.0864. The molecule has 3 aromatic carbocycles. The van der Waals surface area contributed by atoms with Gasteiger partial charge < -0.3 is 9.47 Å². The van der Waals surface area contributed by atoms with Crippen molar-refractivity contribution in [2.24, 2.45) is 0 Å². The van der Waals surface area contributed by atoms with Crippen LogP contribution in [0.4, 0.5) is 16.2 Å². The number of thioether (sulfide) groups is 1. The molecule has 1 aliphatic rings. The number of hydrogen-bond acceptors (Lipinski definition) is 10. The molecule has 0 unspecified atom stereocenters. The van der Waals surface area contributed by atoms with Gasteiger partial charge in [0.1, 0.15) is 18.1 Å². The Morgan fingerprint density at radius 2 is 1.69 bits per heavy atom. The Morgan fingerprint density at radius 1 is 1.00 bits per heavy atom. The Labute approximate surface area is 244 Å². The minimum absolute atomic E-state index is 0.0228. The largest absolute Gasteiger partial charge is 0.491 e. The number of nitro groups is 2. The zero-order valence-corrected chi connectivity index (χ0v) is 23.6. The molecule has 2 amide bonds. The van der Waals surface area contributed by atoms with Crippen molar-refractivity contribution in [1.29, 1.82) is 0 Å². The number of rotatable bonds is 10. The van der Waals surface area contributed by atoms with Crippen molar-refractivity contribution >= 4 is 46.3 Å². The molecule has 0 bridgehead atoms. The maximum Gasteiger partial charge on any atom is 0.344 e. The lowest BCUT2D eigenvalue weighted by Crippen LogP contribution is -2.32. The van der Waals surface area contributed by atoms with Crippen LogP contribution in [0.3, 0.4) is 0 Å². The fraction of sp³-hybridized carbons (Fsp3) is 0.207. The van der Waals surface area contributed by atoms with Gasteiger partial charge in [0, 0.05) is 12.1 Å². The number of amides is 2. The van der Waals surface area contributed by atoms with Crippen molar-refractivity contribution in [3.63, 3.8) is 0 Å². The van der Waals surface area contributed by atoms with Crippen LogP contribution in [0.5, 0.6) is 11.5 Å². The van der Waals surface area contributed by atoms with Gasteiger partial charge in [0.15, 0.2) is 0 Å². The average Bonchev–Trinajstić information content (AvgIpc) is 3.20. The third-order valence-electron chi connectivity index (χ3n) is 6.16. The summed E-state index contributed by atoms with van der Waals surface area (Å²) in [5.41, 5.74) is 0.849. The number of benzene rings is 3. The molecule has 12 nitrogen and oxygen atoms in total. The number of ether oxygens (including phenoxy) is 2. The van der Waals surface area contributed by atoms with E-state index in [1.54, 1.807) is 6.07 Å². The summed E-state index contributed by atoms with van der Waals surface area (Å²) in [6.45, 7) is 6.23. The minimum atomic E-state index is -1.05. The average molecular weight is 592 g/mol. The van der Waals surface area contributed by atoms with E-state index < -0.39 is 38.3 Å². The zero-order chi connectivity index (χ0) is 30.6. The molecular formula is C29H25N3O9S. The Balaban J connectivity index is 1.44. The summed E-state index contributed by atoms with van der Waals surface area (Å²) in [7, 11) is 0. The summed E-state index contributed by atoms with van der Waals surface area (Å²) >= 11 is 0.766. The molecule has 0 saturated carbocycles. The molecule has 4 rings (SSSR count). The van der Waals surface area contributed by atoms with E-state index in [1.807, 2.05) is 25.1 Å². The van der Waals surface area contributed by atoms with Gasteiger partial charge in [-0.25, -0.2) is 4.79 Å². The standard InChI is InChI=1S/C29H25N3O9S/c1-17(2)24-8-7-18(3)11-25(24)40-10-9-30-27(33)26(42-29(30)35)13-19-5-4-6-23(12-19)41-28(34)20-14-21(31(36)37)16-22(15-20)32(38)39/h4-8,11-17H,9-10H2,1-3H3/b26-13-. The van der Waals surface area contributed by atoms with Gasteiger partial charge in [-0.05, 0) is 65.6 Å². The van der Waals surface area contributed by atoms with Crippen LogP contribution in [-0.4, -0.2) is 45.0 Å². The summed E-state index contributed by atoms with van der Waals surface area (Å²) in [5.74, 6) is -0.574.